The van der Waals surface area contributed by atoms with Crippen LogP contribution in [0.4, 0.5) is 0 Å². The molecule has 1 heterocycles. The molecule has 1 fully saturated rings. The Kier molecular flexibility index (Phi) is 7.39. The van der Waals surface area contributed by atoms with Gasteiger partial charge in [-0.3, -0.25) is 14.4 Å². The maximum Gasteiger partial charge on any atom is 0.295 e. The molecule has 1 saturated heterocycles. The number of hydrogen-bond donors (Lipinski definition) is 0. The predicted molar refractivity (Wildman–Crippen MR) is 136 cm³/mol. The summed E-state index contributed by atoms with van der Waals surface area (Å²) in [5.74, 6) is -0.570. The summed E-state index contributed by atoms with van der Waals surface area (Å²) < 4.78 is 0. The van der Waals surface area contributed by atoms with Crippen LogP contribution in [0.15, 0.2) is 95.4 Å². The Labute approximate surface area is 208 Å². The summed E-state index contributed by atoms with van der Waals surface area (Å²) in [6, 6.07) is 16.6. The Morgan fingerprint density at radius 3 is 2.18 bits per heavy atom. The summed E-state index contributed by atoms with van der Waals surface area (Å²) in [5, 5.41) is 0.680. The lowest BCUT2D eigenvalue weighted by Gasteiger charge is -2.34. The van der Waals surface area contributed by atoms with Crippen LogP contribution >= 0.6 is 23.4 Å². The van der Waals surface area contributed by atoms with Crippen molar-refractivity contribution >= 4 is 41.0 Å². The van der Waals surface area contributed by atoms with Crippen LogP contribution in [-0.2, 0) is 9.59 Å². The van der Waals surface area contributed by atoms with Crippen LogP contribution in [0.5, 0.6) is 0 Å². The van der Waals surface area contributed by atoms with Gasteiger partial charge >= 0.3 is 0 Å². The molecule has 0 saturated carbocycles. The second kappa shape index (κ2) is 10.5. The van der Waals surface area contributed by atoms with E-state index in [1.54, 1.807) is 28.8 Å². The van der Waals surface area contributed by atoms with Crippen LogP contribution < -0.4 is 0 Å². The van der Waals surface area contributed by atoms with Gasteiger partial charge in [0.25, 0.3) is 17.6 Å². The minimum Gasteiger partial charge on any atom is -0.335 e. The first-order chi connectivity index (χ1) is 16.3. The minimum atomic E-state index is -0.562. The highest BCUT2D eigenvalue weighted by Crippen LogP contribution is 2.37. The quantitative estimate of drug-likeness (QED) is 0.435. The van der Waals surface area contributed by atoms with E-state index in [4.69, 9.17) is 11.6 Å². The van der Waals surface area contributed by atoms with Crippen LogP contribution in [-0.4, -0.2) is 59.3 Å². The average molecular weight is 493 g/mol. The normalized spacial score (nSPS) is 18.1. The van der Waals surface area contributed by atoms with E-state index >= 15 is 0 Å². The molecule has 0 spiro atoms. The van der Waals surface area contributed by atoms with E-state index in [1.807, 2.05) is 48.5 Å². The molecule has 5 nitrogen and oxygen atoms in total. The molecular formula is C27H25ClN2O3S. The smallest absolute Gasteiger partial charge is 0.295 e. The van der Waals surface area contributed by atoms with E-state index in [1.165, 1.54) is 4.90 Å². The number of halogens is 1. The molecule has 4 rings (SSSR count). The summed E-state index contributed by atoms with van der Waals surface area (Å²) in [6.45, 7) is 9.53. The number of allylic oxidation sites excluding steroid dienone is 3. The lowest BCUT2D eigenvalue weighted by molar-refractivity contribution is -0.143. The fraction of sp³-hybridized carbons (Fsp3) is 0.222. The zero-order valence-corrected chi connectivity index (χ0v) is 20.3. The summed E-state index contributed by atoms with van der Waals surface area (Å²) in [5.41, 5.74) is 2.24. The molecule has 2 aromatic carbocycles. The van der Waals surface area contributed by atoms with E-state index in [0.717, 1.165) is 10.5 Å². The largest absolute Gasteiger partial charge is 0.335 e. The maximum atomic E-state index is 13.0. The van der Waals surface area contributed by atoms with Gasteiger partial charge in [0.05, 0.1) is 0 Å². The molecule has 174 valence electrons. The van der Waals surface area contributed by atoms with Gasteiger partial charge < -0.3 is 9.80 Å². The number of nitrogens with zero attached hydrogens (tertiary/aromatic N) is 2. The van der Waals surface area contributed by atoms with Crippen molar-refractivity contribution in [2.75, 3.05) is 31.9 Å². The van der Waals surface area contributed by atoms with Gasteiger partial charge in [0.15, 0.2) is 0 Å². The zero-order valence-electron chi connectivity index (χ0n) is 18.7. The van der Waals surface area contributed by atoms with Crippen LogP contribution in [0.2, 0.25) is 5.02 Å². The van der Waals surface area contributed by atoms with Crippen molar-refractivity contribution in [2.24, 2.45) is 5.92 Å². The highest BCUT2D eigenvalue weighted by Gasteiger charge is 2.34. The van der Waals surface area contributed by atoms with Crippen LogP contribution in [0.3, 0.4) is 0 Å². The minimum absolute atomic E-state index is 0.0665. The van der Waals surface area contributed by atoms with E-state index in [0.29, 0.717) is 53.7 Å². The van der Waals surface area contributed by atoms with Crippen LogP contribution in [0.1, 0.15) is 10.4 Å². The number of thioether (sulfide) groups is 1. The van der Waals surface area contributed by atoms with Gasteiger partial charge in [-0.15, -0.1) is 11.8 Å². The van der Waals surface area contributed by atoms with E-state index < -0.39 is 11.7 Å². The predicted octanol–water partition coefficient (Wildman–Crippen LogP) is 4.65. The summed E-state index contributed by atoms with van der Waals surface area (Å²) in [7, 11) is 0. The lowest BCUT2D eigenvalue weighted by Crippen LogP contribution is -2.52. The molecule has 2 aliphatic rings. The van der Waals surface area contributed by atoms with E-state index in [2.05, 4.69) is 13.2 Å². The summed E-state index contributed by atoms with van der Waals surface area (Å²) >= 11 is 7.58. The number of Topliss-reactive ketones (excluding diaryl/α,β-unsaturated/α-hetero) is 1. The average Bonchev–Trinajstić information content (AvgIpc) is 3.16. The van der Waals surface area contributed by atoms with Crippen molar-refractivity contribution in [2.45, 2.75) is 4.90 Å². The topological polar surface area (TPSA) is 57.7 Å². The fourth-order valence-electron chi connectivity index (χ4n) is 4.01. The monoisotopic (exact) mass is 492 g/mol. The van der Waals surface area contributed by atoms with Crippen LogP contribution in [0, 0.1) is 5.92 Å². The molecule has 1 unspecified atom stereocenters. The van der Waals surface area contributed by atoms with Crippen molar-refractivity contribution in [1.29, 1.82) is 0 Å². The zero-order chi connectivity index (χ0) is 24.2. The second-order valence-corrected chi connectivity index (χ2v) is 9.76. The number of piperazine rings is 1. The number of benzene rings is 2. The third kappa shape index (κ3) is 5.18. The molecule has 1 aliphatic carbocycles. The lowest BCUT2D eigenvalue weighted by atomic mass is 10.0. The van der Waals surface area contributed by atoms with E-state index in [-0.39, 0.29) is 11.8 Å². The van der Waals surface area contributed by atoms with Gasteiger partial charge in [-0.05, 0) is 47.5 Å². The number of amides is 2. The molecule has 34 heavy (non-hydrogen) atoms. The molecule has 0 aromatic heterocycles. The van der Waals surface area contributed by atoms with Crippen molar-refractivity contribution in [3.05, 3.63) is 101 Å². The van der Waals surface area contributed by atoms with Crippen molar-refractivity contribution in [3.8, 4) is 0 Å². The maximum absolute atomic E-state index is 13.0. The molecule has 1 atom stereocenters. The van der Waals surface area contributed by atoms with Gasteiger partial charge in [0.2, 0.25) is 0 Å². The molecule has 0 radical (unpaired) electrons. The Morgan fingerprint density at radius 2 is 1.53 bits per heavy atom. The number of carbonyl (C=O) groups excluding carboxylic acids is 3. The number of hydrogen-bond acceptors (Lipinski definition) is 4. The van der Waals surface area contributed by atoms with Gasteiger partial charge in [-0.25, -0.2) is 0 Å². The third-order valence-corrected chi connectivity index (χ3v) is 7.47. The fourth-order valence-corrected chi connectivity index (χ4v) is 5.14. The Hall–Kier alpha value is -3.09. The van der Waals surface area contributed by atoms with Crippen LogP contribution in [0.25, 0.3) is 0 Å². The van der Waals surface area contributed by atoms with Crippen molar-refractivity contribution in [3.63, 3.8) is 0 Å². The summed E-state index contributed by atoms with van der Waals surface area (Å²) in [4.78, 5) is 42.9. The Bertz CT molecular complexity index is 1170. The highest BCUT2D eigenvalue weighted by atomic mass is 35.5. The molecule has 2 aromatic rings. The first-order valence-corrected chi connectivity index (χ1v) is 12.4. The Balaban J connectivity index is 1.35. The van der Waals surface area contributed by atoms with Gasteiger partial charge in [-0.1, -0.05) is 49.0 Å². The Morgan fingerprint density at radius 1 is 0.912 bits per heavy atom. The van der Waals surface area contributed by atoms with Gasteiger partial charge in [-0.2, -0.15) is 0 Å². The van der Waals surface area contributed by atoms with Gasteiger partial charge in [0, 0.05) is 58.9 Å². The molecule has 0 N–H and O–H groups in total. The van der Waals surface area contributed by atoms with Crippen molar-refractivity contribution in [1.82, 2.24) is 9.80 Å². The van der Waals surface area contributed by atoms with Crippen molar-refractivity contribution < 1.29 is 14.4 Å². The number of carbonyl (C=O) groups is 3. The second-order valence-electron chi connectivity index (χ2n) is 8.24. The third-order valence-electron chi connectivity index (χ3n) is 6.09. The molecular weight excluding hydrogens is 468 g/mol. The highest BCUT2D eigenvalue weighted by molar-refractivity contribution is 7.99. The van der Waals surface area contributed by atoms with E-state index in [9.17, 15) is 14.4 Å². The number of ketones is 1. The SMILES string of the molecule is C=C1C(=C)C(CSc2ccc(Cl)cc2)C=C1C(=O)C(=O)N1CCN(C(=O)c2ccccc2)CC1. The molecule has 7 heteroatoms. The van der Waals surface area contributed by atoms with Gasteiger partial charge in [0.1, 0.15) is 0 Å². The molecule has 2 amide bonds. The molecule has 1 aliphatic heterocycles. The standard InChI is InChI=1S/C27H25ClN2O3S/c1-18-19(2)24(16-21(18)17-34-23-10-8-22(28)9-11-23)25(31)27(33)30-14-12-29(13-15-30)26(32)20-6-4-3-5-7-20/h3-11,16,21H,1-2,12-15,17H2. The first-order valence-electron chi connectivity index (χ1n) is 11.0. The summed E-state index contributed by atoms with van der Waals surface area (Å²) in [6.07, 6.45) is 1.81. The number of rotatable bonds is 6. The molecule has 0 bridgehead atoms. The first kappa shape index (κ1) is 24.0.